The van der Waals surface area contributed by atoms with Crippen LogP contribution in [0, 0.1) is 5.92 Å². The van der Waals surface area contributed by atoms with Crippen molar-refractivity contribution < 1.29 is 14.3 Å². The van der Waals surface area contributed by atoms with E-state index in [0.717, 1.165) is 37.1 Å². The molecule has 0 spiro atoms. The molecular formula is C21H30N2O3. The van der Waals surface area contributed by atoms with Crippen molar-refractivity contribution in [1.29, 1.82) is 0 Å². The van der Waals surface area contributed by atoms with Gasteiger partial charge in [-0.15, -0.1) is 0 Å². The third-order valence-electron chi connectivity index (χ3n) is 5.47. The normalized spacial score (nSPS) is 24.5. The number of amides is 2. The molecule has 3 rings (SSSR count). The van der Waals surface area contributed by atoms with Crippen LogP contribution < -0.4 is 10.2 Å². The molecule has 1 saturated heterocycles. The highest BCUT2D eigenvalue weighted by Crippen LogP contribution is 2.26. The molecule has 1 aromatic rings. The first-order valence-electron chi connectivity index (χ1n) is 9.84. The third kappa shape index (κ3) is 4.85. The van der Waals surface area contributed by atoms with Gasteiger partial charge in [0.25, 0.3) is 0 Å². The number of nitrogens with one attached hydrogen (secondary N) is 1. The third-order valence-corrected chi connectivity index (χ3v) is 5.47. The highest BCUT2D eigenvalue weighted by atomic mass is 16.5. The number of benzene rings is 1. The molecule has 3 atom stereocenters. The number of hydrogen-bond donors (Lipinski definition) is 1. The summed E-state index contributed by atoms with van der Waals surface area (Å²) < 4.78 is 5.81. The molecular weight excluding hydrogens is 328 g/mol. The topological polar surface area (TPSA) is 58.6 Å². The molecule has 26 heavy (non-hydrogen) atoms. The van der Waals surface area contributed by atoms with Crippen LogP contribution >= 0.6 is 0 Å². The minimum atomic E-state index is -0.117. The van der Waals surface area contributed by atoms with Gasteiger partial charge in [-0.05, 0) is 49.8 Å². The van der Waals surface area contributed by atoms with Gasteiger partial charge in [0.2, 0.25) is 11.8 Å². The Bertz CT molecular complexity index is 646. The van der Waals surface area contributed by atoms with E-state index in [1.807, 2.05) is 36.1 Å². The molecule has 0 radical (unpaired) electrons. The lowest BCUT2D eigenvalue weighted by atomic mass is 9.89. The van der Waals surface area contributed by atoms with E-state index in [0.29, 0.717) is 12.3 Å². The van der Waals surface area contributed by atoms with E-state index in [9.17, 15) is 9.59 Å². The van der Waals surface area contributed by atoms with Crippen molar-refractivity contribution in [3.05, 3.63) is 29.8 Å². The van der Waals surface area contributed by atoms with Gasteiger partial charge in [-0.2, -0.15) is 0 Å². The second-order valence-corrected chi connectivity index (χ2v) is 7.74. The van der Waals surface area contributed by atoms with Gasteiger partial charge in [-0.3, -0.25) is 9.59 Å². The molecule has 1 aliphatic heterocycles. The molecule has 5 heteroatoms. The van der Waals surface area contributed by atoms with Crippen LogP contribution in [0.15, 0.2) is 24.3 Å². The van der Waals surface area contributed by atoms with Gasteiger partial charge in [-0.1, -0.05) is 31.9 Å². The zero-order chi connectivity index (χ0) is 18.5. The van der Waals surface area contributed by atoms with Gasteiger partial charge in [0, 0.05) is 18.7 Å². The van der Waals surface area contributed by atoms with Crippen molar-refractivity contribution in [2.75, 3.05) is 18.1 Å². The SMILES string of the molecule is CC1CCCC(OCC(=O)NC(C)c2cccc(N3CCCC3=O)c2)C1. The summed E-state index contributed by atoms with van der Waals surface area (Å²) >= 11 is 0. The average Bonchev–Trinajstić information content (AvgIpc) is 3.06. The molecule has 142 valence electrons. The highest BCUT2D eigenvalue weighted by molar-refractivity contribution is 5.95. The molecule has 1 heterocycles. The van der Waals surface area contributed by atoms with E-state index in [2.05, 4.69) is 12.2 Å². The van der Waals surface area contributed by atoms with Crippen LogP contribution in [0.25, 0.3) is 0 Å². The van der Waals surface area contributed by atoms with Gasteiger partial charge in [0.05, 0.1) is 12.1 Å². The predicted molar refractivity (Wildman–Crippen MR) is 102 cm³/mol. The van der Waals surface area contributed by atoms with E-state index < -0.39 is 0 Å². The van der Waals surface area contributed by atoms with Crippen LogP contribution in [-0.4, -0.2) is 31.1 Å². The number of ether oxygens (including phenoxy) is 1. The lowest BCUT2D eigenvalue weighted by molar-refractivity contribution is -0.129. The molecule has 1 aromatic carbocycles. The Balaban J connectivity index is 1.51. The smallest absolute Gasteiger partial charge is 0.246 e. The fourth-order valence-electron chi connectivity index (χ4n) is 3.97. The first kappa shape index (κ1) is 18.9. The van der Waals surface area contributed by atoms with E-state index in [4.69, 9.17) is 4.74 Å². The van der Waals surface area contributed by atoms with E-state index in [1.165, 1.54) is 12.8 Å². The maximum absolute atomic E-state index is 12.2. The lowest BCUT2D eigenvalue weighted by Gasteiger charge is -2.26. The van der Waals surface area contributed by atoms with E-state index in [1.54, 1.807) is 0 Å². The van der Waals surface area contributed by atoms with Crippen molar-refractivity contribution >= 4 is 17.5 Å². The standard InChI is InChI=1S/C21H30N2O3/c1-15-6-3-9-19(12-15)26-14-20(24)22-16(2)17-7-4-8-18(13-17)23-11-5-10-21(23)25/h4,7-8,13,15-16,19H,3,5-6,9-12,14H2,1-2H3,(H,22,24). The van der Waals surface area contributed by atoms with Crippen molar-refractivity contribution in [1.82, 2.24) is 5.32 Å². The number of anilines is 1. The number of rotatable bonds is 6. The molecule has 0 bridgehead atoms. The molecule has 1 saturated carbocycles. The Morgan fingerprint density at radius 2 is 2.19 bits per heavy atom. The Hall–Kier alpha value is -1.88. The molecule has 5 nitrogen and oxygen atoms in total. The Labute approximate surface area is 156 Å². The van der Waals surface area contributed by atoms with Gasteiger partial charge >= 0.3 is 0 Å². The summed E-state index contributed by atoms with van der Waals surface area (Å²) in [5.41, 5.74) is 1.92. The molecule has 2 amide bonds. The number of nitrogens with zero attached hydrogens (tertiary/aromatic N) is 1. The Morgan fingerprint density at radius 1 is 1.35 bits per heavy atom. The summed E-state index contributed by atoms with van der Waals surface area (Å²) in [6.45, 7) is 5.10. The summed E-state index contributed by atoms with van der Waals surface area (Å²) in [4.78, 5) is 26.0. The monoisotopic (exact) mass is 358 g/mol. The van der Waals surface area contributed by atoms with Crippen molar-refractivity contribution in [3.8, 4) is 0 Å². The highest BCUT2D eigenvalue weighted by Gasteiger charge is 2.23. The average molecular weight is 358 g/mol. The molecule has 3 unspecified atom stereocenters. The molecule has 2 fully saturated rings. The predicted octanol–water partition coefficient (Wildman–Crippen LogP) is 3.59. The van der Waals surface area contributed by atoms with E-state index >= 15 is 0 Å². The summed E-state index contributed by atoms with van der Waals surface area (Å²) in [5, 5.41) is 3.01. The largest absolute Gasteiger partial charge is 0.368 e. The maximum Gasteiger partial charge on any atom is 0.246 e. The first-order valence-corrected chi connectivity index (χ1v) is 9.84. The van der Waals surface area contributed by atoms with Crippen LogP contribution in [0.3, 0.4) is 0 Å². The van der Waals surface area contributed by atoms with Crippen LogP contribution in [-0.2, 0) is 14.3 Å². The van der Waals surface area contributed by atoms with Crippen LogP contribution in [0.1, 0.15) is 64.0 Å². The molecule has 1 aliphatic carbocycles. The summed E-state index contributed by atoms with van der Waals surface area (Å²) in [6.07, 6.45) is 6.29. The quantitative estimate of drug-likeness (QED) is 0.845. The van der Waals surface area contributed by atoms with Crippen molar-refractivity contribution in [2.24, 2.45) is 5.92 Å². The Morgan fingerprint density at radius 3 is 2.92 bits per heavy atom. The minimum absolute atomic E-state index is 0.0848. The summed E-state index contributed by atoms with van der Waals surface area (Å²) in [7, 11) is 0. The van der Waals surface area contributed by atoms with Crippen molar-refractivity contribution in [3.63, 3.8) is 0 Å². The van der Waals surface area contributed by atoms with E-state index in [-0.39, 0.29) is 30.6 Å². The zero-order valence-electron chi connectivity index (χ0n) is 15.9. The van der Waals surface area contributed by atoms with Gasteiger partial charge in [0.15, 0.2) is 0 Å². The lowest BCUT2D eigenvalue weighted by Crippen LogP contribution is -2.33. The van der Waals surface area contributed by atoms with Crippen LogP contribution in [0.4, 0.5) is 5.69 Å². The van der Waals surface area contributed by atoms with Crippen LogP contribution in [0.5, 0.6) is 0 Å². The molecule has 1 N–H and O–H groups in total. The number of carbonyl (C=O) groups is 2. The van der Waals surface area contributed by atoms with Crippen LogP contribution in [0.2, 0.25) is 0 Å². The van der Waals surface area contributed by atoms with Crippen molar-refractivity contribution in [2.45, 2.75) is 64.5 Å². The zero-order valence-corrected chi connectivity index (χ0v) is 15.9. The minimum Gasteiger partial charge on any atom is -0.368 e. The first-order chi connectivity index (χ1) is 12.5. The summed E-state index contributed by atoms with van der Waals surface area (Å²) in [5.74, 6) is 0.777. The molecule has 0 aromatic heterocycles. The number of carbonyl (C=O) groups excluding carboxylic acids is 2. The fraction of sp³-hybridized carbons (Fsp3) is 0.619. The van der Waals surface area contributed by atoms with Gasteiger partial charge < -0.3 is 15.0 Å². The maximum atomic E-state index is 12.2. The second kappa shape index (κ2) is 8.67. The van der Waals surface area contributed by atoms with Gasteiger partial charge in [0.1, 0.15) is 6.61 Å². The Kier molecular flexibility index (Phi) is 6.30. The van der Waals surface area contributed by atoms with Gasteiger partial charge in [-0.25, -0.2) is 0 Å². The molecule has 2 aliphatic rings. The number of hydrogen-bond acceptors (Lipinski definition) is 3. The second-order valence-electron chi connectivity index (χ2n) is 7.74. The fourth-order valence-corrected chi connectivity index (χ4v) is 3.97. The summed E-state index contributed by atoms with van der Waals surface area (Å²) in [6, 6.07) is 7.76.